The molecule has 5 rings (SSSR count). The highest BCUT2D eigenvalue weighted by Crippen LogP contribution is 2.24. The summed E-state index contributed by atoms with van der Waals surface area (Å²) < 4.78 is 13.0. The molecule has 1 N–H and O–H groups in total. The van der Waals surface area contributed by atoms with Crippen LogP contribution in [-0.4, -0.2) is 80.9 Å². The zero-order chi connectivity index (χ0) is 25.6. The molecule has 1 unspecified atom stereocenters. The Morgan fingerprint density at radius 1 is 1.08 bits per heavy atom. The third kappa shape index (κ3) is 6.46. The maximum atomic E-state index is 5.74. The van der Waals surface area contributed by atoms with Gasteiger partial charge in [-0.25, -0.2) is 4.98 Å². The number of ether oxygens (including phenoxy) is 2. The average Bonchev–Trinajstić information content (AvgIpc) is 3.38. The van der Waals surface area contributed by atoms with Gasteiger partial charge in [0.2, 0.25) is 0 Å². The fourth-order valence-electron chi connectivity index (χ4n) is 4.49. The van der Waals surface area contributed by atoms with Gasteiger partial charge in [-0.2, -0.15) is 10.2 Å². The quantitative estimate of drug-likeness (QED) is 0.346. The summed E-state index contributed by atoms with van der Waals surface area (Å²) >= 11 is 0. The van der Waals surface area contributed by atoms with Crippen molar-refractivity contribution in [3.8, 4) is 11.1 Å². The van der Waals surface area contributed by atoms with Crippen LogP contribution < -0.4 is 5.32 Å². The minimum Gasteiger partial charge on any atom is -0.382 e. The largest absolute Gasteiger partial charge is 0.382 e. The van der Waals surface area contributed by atoms with Gasteiger partial charge in [0.05, 0.1) is 42.7 Å². The molecular weight excluding hydrogens is 468 g/mol. The molecular formula is C27H34N8O2. The maximum absolute atomic E-state index is 5.74. The Morgan fingerprint density at radius 2 is 2.00 bits per heavy atom. The molecule has 0 bridgehead atoms. The standard InChI is InChI=1S/C27H34N8O2/c1-19(2)20-12-27(33-29-14-20)32-26-6-5-24-25(31-26)11-21(13-28-24)22-15-30-35(16-22)8-4-7-34-9-10-37-23(17-34)18-36-3/h5-6,11-16,19,23H,4,7-10,17-18H2,1-3H3,(H,31,32,33). The molecule has 0 aromatic carbocycles. The third-order valence-corrected chi connectivity index (χ3v) is 6.54. The molecule has 0 radical (unpaired) electrons. The van der Waals surface area contributed by atoms with Crippen LogP contribution in [-0.2, 0) is 16.0 Å². The van der Waals surface area contributed by atoms with E-state index >= 15 is 0 Å². The van der Waals surface area contributed by atoms with Gasteiger partial charge >= 0.3 is 0 Å². The van der Waals surface area contributed by atoms with Crippen molar-refractivity contribution in [2.45, 2.75) is 38.8 Å². The highest BCUT2D eigenvalue weighted by Gasteiger charge is 2.19. The van der Waals surface area contributed by atoms with Gasteiger partial charge in [0.15, 0.2) is 5.82 Å². The molecule has 1 aliphatic rings. The van der Waals surface area contributed by atoms with E-state index in [2.05, 4.69) is 56.6 Å². The number of rotatable bonds is 10. The number of aromatic nitrogens is 6. The molecule has 0 aliphatic carbocycles. The van der Waals surface area contributed by atoms with Crippen molar-refractivity contribution in [1.82, 2.24) is 34.8 Å². The molecule has 0 saturated carbocycles. The van der Waals surface area contributed by atoms with Gasteiger partial charge in [-0.05, 0) is 42.2 Å². The van der Waals surface area contributed by atoms with Crippen molar-refractivity contribution < 1.29 is 9.47 Å². The van der Waals surface area contributed by atoms with Crippen LogP contribution in [0.1, 0.15) is 31.7 Å². The van der Waals surface area contributed by atoms with Crippen molar-refractivity contribution in [1.29, 1.82) is 0 Å². The SMILES string of the molecule is COCC1CN(CCCn2cc(-c3cnc4ccc(Nc5cc(C(C)C)cnn5)nc4c3)cn2)CCO1. The normalized spacial score (nSPS) is 16.5. The van der Waals surface area contributed by atoms with Crippen molar-refractivity contribution >= 4 is 22.7 Å². The summed E-state index contributed by atoms with van der Waals surface area (Å²) in [4.78, 5) is 11.8. The molecule has 0 amide bonds. The molecule has 10 heteroatoms. The van der Waals surface area contributed by atoms with Crippen molar-refractivity contribution in [3.05, 3.63) is 54.6 Å². The number of aryl methyl sites for hydroxylation is 1. The number of fused-ring (bicyclic) bond motifs is 1. The minimum atomic E-state index is 0.165. The molecule has 4 aromatic rings. The molecule has 37 heavy (non-hydrogen) atoms. The van der Waals surface area contributed by atoms with Gasteiger partial charge < -0.3 is 14.8 Å². The van der Waals surface area contributed by atoms with Crippen molar-refractivity contribution in [3.63, 3.8) is 0 Å². The zero-order valence-corrected chi connectivity index (χ0v) is 21.7. The molecule has 1 aliphatic heterocycles. The molecule has 5 heterocycles. The number of anilines is 2. The van der Waals surface area contributed by atoms with E-state index in [0.29, 0.717) is 24.2 Å². The van der Waals surface area contributed by atoms with Gasteiger partial charge in [0.25, 0.3) is 0 Å². The third-order valence-electron chi connectivity index (χ3n) is 6.54. The van der Waals surface area contributed by atoms with Crippen LogP contribution in [0.5, 0.6) is 0 Å². The molecule has 1 fully saturated rings. The van der Waals surface area contributed by atoms with E-state index in [1.165, 1.54) is 0 Å². The van der Waals surface area contributed by atoms with E-state index in [4.69, 9.17) is 14.5 Å². The van der Waals surface area contributed by atoms with E-state index in [1.54, 1.807) is 13.3 Å². The second-order valence-corrected chi connectivity index (χ2v) is 9.71. The smallest absolute Gasteiger partial charge is 0.154 e. The average molecular weight is 503 g/mol. The van der Waals surface area contributed by atoms with E-state index in [1.807, 2.05) is 35.3 Å². The van der Waals surface area contributed by atoms with Crippen LogP contribution in [0.25, 0.3) is 22.2 Å². The van der Waals surface area contributed by atoms with Gasteiger partial charge in [0.1, 0.15) is 5.82 Å². The second-order valence-electron chi connectivity index (χ2n) is 9.71. The molecule has 4 aromatic heterocycles. The summed E-state index contributed by atoms with van der Waals surface area (Å²) in [6.07, 6.45) is 8.82. The van der Waals surface area contributed by atoms with Crippen LogP contribution in [0.2, 0.25) is 0 Å². The molecule has 10 nitrogen and oxygen atoms in total. The summed E-state index contributed by atoms with van der Waals surface area (Å²) in [6.45, 7) is 9.42. The summed E-state index contributed by atoms with van der Waals surface area (Å²) in [5.41, 5.74) is 4.78. The summed E-state index contributed by atoms with van der Waals surface area (Å²) in [5.74, 6) is 1.75. The Labute approximate surface area is 217 Å². The predicted molar refractivity (Wildman–Crippen MR) is 143 cm³/mol. The first-order chi connectivity index (χ1) is 18.1. The summed E-state index contributed by atoms with van der Waals surface area (Å²) in [5, 5.41) is 16.1. The maximum Gasteiger partial charge on any atom is 0.154 e. The van der Waals surface area contributed by atoms with Crippen LogP contribution in [0.4, 0.5) is 11.6 Å². The molecule has 1 atom stereocenters. The number of nitrogens with zero attached hydrogens (tertiary/aromatic N) is 7. The Kier molecular flexibility index (Phi) is 7.98. The van der Waals surface area contributed by atoms with E-state index < -0.39 is 0 Å². The minimum absolute atomic E-state index is 0.165. The van der Waals surface area contributed by atoms with Crippen molar-refractivity contribution in [2.24, 2.45) is 0 Å². The van der Waals surface area contributed by atoms with Gasteiger partial charge in [0, 0.05) is 56.8 Å². The predicted octanol–water partition coefficient (Wildman–Crippen LogP) is 3.89. The topological polar surface area (TPSA) is 103 Å². The highest BCUT2D eigenvalue weighted by molar-refractivity contribution is 5.81. The zero-order valence-electron chi connectivity index (χ0n) is 21.7. The van der Waals surface area contributed by atoms with Gasteiger partial charge in [-0.1, -0.05) is 13.8 Å². The number of hydrogen-bond acceptors (Lipinski definition) is 9. The Bertz CT molecular complexity index is 1320. The monoisotopic (exact) mass is 502 g/mol. The lowest BCUT2D eigenvalue weighted by Gasteiger charge is -2.32. The number of nitrogens with one attached hydrogen (secondary N) is 1. The first-order valence-corrected chi connectivity index (χ1v) is 12.8. The number of methoxy groups -OCH3 is 1. The molecule has 194 valence electrons. The number of morpholine rings is 1. The Morgan fingerprint density at radius 3 is 2.86 bits per heavy atom. The van der Waals surface area contributed by atoms with Crippen LogP contribution in [0.3, 0.4) is 0 Å². The Hall–Kier alpha value is -3.47. The lowest BCUT2D eigenvalue weighted by Crippen LogP contribution is -2.44. The Balaban J connectivity index is 1.22. The first-order valence-electron chi connectivity index (χ1n) is 12.8. The van der Waals surface area contributed by atoms with E-state index in [9.17, 15) is 0 Å². The van der Waals surface area contributed by atoms with Crippen LogP contribution in [0, 0.1) is 0 Å². The number of hydrogen-bond donors (Lipinski definition) is 1. The lowest BCUT2D eigenvalue weighted by molar-refractivity contribution is -0.0612. The van der Waals surface area contributed by atoms with E-state index in [-0.39, 0.29) is 6.10 Å². The van der Waals surface area contributed by atoms with Crippen LogP contribution >= 0.6 is 0 Å². The van der Waals surface area contributed by atoms with Gasteiger partial charge in [-0.3, -0.25) is 14.6 Å². The van der Waals surface area contributed by atoms with Gasteiger partial charge in [-0.15, -0.1) is 5.10 Å². The van der Waals surface area contributed by atoms with Crippen LogP contribution in [0.15, 0.2) is 49.1 Å². The van der Waals surface area contributed by atoms with Crippen molar-refractivity contribution in [2.75, 3.05) is 45.3 Å². The molecule has 0 spiro atoms. The number of pyridine rings is 2. The lowest BCUT2D eigenvalue weighted by atomic mass is 10.1. The highest BCUT2D eigenvalue weighted by atomic mass is 16.5. The first kappa shape index (κ1) is 25.2. The fourth-order valence-corrected chi connectivity index (χ4v) is 4.49. The second kappa shape index (κ2) is 11.7. The van der Waals surface area contributed by atoms with E-state index in [0.717, 1.165) is 66.9 Å². The fraction of sp³-hybridized carbons (Fsp3) is 0.444. The summed E-state index contributed by atoms with van der Waals surface area (Å²) in [7, 11) is 1.72. The summed E-state index contributed by atoms with van der Waals surface area (Å²) in [6, 6.07) is 7.92. The molecule has 1 saturated heterocycles.